The third-order valence-corrected chi connectivity index (χ3v) is 4.38. The molecule has 0 bridgehead atoms. The smallest absolute Gasteiger partial charge is 0.158 e. The number of anilines is 1. The van der Waals surface area contributed by atoms with Crippen LogP contribution >= 0.6 is 0 Å². The Labute approximate surface area is 135 Å². The van der Waals surface area contributed by atoms with Gasteiger partial charge in [-0.3, -0.25) is 0 Å². The van der Waals surface area contributed by atoms with E-state index in [-0.39, 0.29) is 0 Å². The van der Waals surface area contributed by atoms with Gasteiger partial charge in [-0.1, -0.05) is 54.1 Å². The van der Waals surface area contributed by atoms with Crippen LogP contribution in [0.1, 0.15) is 16.7 Å². The van der Waals surface area contributed by atoms with Gasteiger partial charge in [0.2, 0.25) is 0 Å². The van der Waals surface area contributed by atoms with Gasteiger partial charge in [0.05, 0.1) is 5.69 Å². The Hall–Kier alpha value is -2.74. The van der Waals surface area contributed by atoms with Gasteiger partial charge in [0.1, 0.15) is 5.58 Å². The van der Waals surface area contributed by atoms with Crippen LogP contribution in [0.4, 0.5) is 5.69 Å². The minimum atomic E-state index is 0.795. The third kappa shape index (κ3) is 2.46. The number of benzene rings is 3. The molecule has 23 heavy (non-hydrogen) atoms. The summed E-state index contributed by atoms with van der Waals surface area (Å²) in [5.41, 5.74) is 6.81. The lowest BCUT2D eigenvalue weighted by Crippen LogP contribution is -2.01. The molecule has 3 aromatic carbocycles. The first kappa shape index (κ1) is 13.9. The number of aryl methyl sites for hydroxylation is 2. The first-order valence-electron chi connectivity index (χ1n) is 7.92. The van der Waals surface area contributed by atoms with E-state index in [0.717, 1.165) is 34.2 Å². The summed E-state index contributed by atoms with van der Waals surface area (Å²) in [6.07, 6.45) is 0. The van der Waals surface area contributed by atoms with Gasteiger partial charge in [0.25, 0.3) is 0 Å². The zero-order valence-electron chi connectivity index (χ0n) is 13.4. The zero-order chi connectivity index (χ0) is 15.8. The zero-order valence-corrected chi connectivity index (χ0v) is 13.4. The molecule has 4 aromatic rings. The quantitative estimate of drug-likeness (QED) is 0.516. The molecule has 0 amide bonds. The predicted molar refractivity (Wildman–Crippen MR) is 97.0 cm³/mol. The molecule has 0 unspecified atom stereocenters. The van der Waals surface area contributed by atoms with Gasteiger partial charge in [-0.05, 0) is 37.1 Å². The number of furan rings is 1. The highest BCUT2D eigenvalue weighted by Crippen LogP contribution is 2.33. The van der Waals surface area contributed by atoms with E-state index in [2.05, 4.69) is 61.6 Å². The largest absolute Gasteiger partial charge is 0.454 e. The van der Waals surface area contributed by atoms with Crippen LogP contribution < -0.4 is 5.32 Å². The summed E-state index contributed by atoms with van der Waals surface area (Å²) in [6, 6.07) is 21.0. The highest BCUT2D eigenvalue weighted by Gasteiger charge is 2.10. The highest BCUT2D eigenvalue weighted by atomic mass is 16.3. The first-order valence-corrected chi connectivity index (χ1v) is 7.92. The summed E-state index contributed by atoms with van der Waals surface area (Å²) in [5.74, 6) is 0. The fraction of sp³-hybridized carbons (Fsp3) is 0.143. The van der Waals surface area contributed by atoms with E-state index in [1.54, 1.807) is 0 Å². The average Bonchev–Trinajstić information content (AvgIpc) is 2.95. The molecular formula is C21H19NO. The molecule has 4 rings (SSSR count). The maximum absolute atomic E-state index is 6.06. The average molecular weight is 301 g/mol. The molecule has 1 aromatic heterocycles. The molecule has 0 atom stereocenters. The van der Waals surface area contributed by atoms with Crippen molar-refractivity contribution in [2.75, 3.05) is 5.32 Å². The topological polar surface area (TPSA) is 25.2 Å². The van der Waals surface area contributed by atoms with Crippen molar-refractivity contribution in [3.8, 4) is 0 Å². The van der Waals surface area contributed by atoms with E-state index in [9.17, 15) is 0 Å². The Bertz CT molecular complexity index is 997. The molecule has 0 spiro atoms. The lowest BCUT2D eigenvalue weighted by atomic mass is 10.1. The van der Waals surface area contributed by atoms with Crippen LogP contribution in [0.5, 0.6) is 0 Å². The minimum Gasteiger partial charge on any atom is -0.454 e. The molecule has 0 saturated heterocycles. The summed E-state index contributed by atoms with van der Waals surface area (Å²) in [5, 5.41) is 5.86. The van der Waals surface area contributed by atoms with Crippen molar-refractivity contribution in [2.24, 2.45) is 0 Å². The maximum atomic E-state index is 6.06. The second-order valence-corrected chi connectivity index (χ2v) is 6.06. The predicted octanol–water partition coefficient (Wildman–Crippen LogP) is 5.81. The molecule has 0 fully saturated rings. The molecule has 0 radical (unpaired) electrons. The normalized spacial score (nSPS) is 11.2. The summed E-state index contributed by atoms with van der Waals surface area (Å²) in [7, 11) is 0. The molecule has 0 aliphatic carbocycles. The third-order valence-electron chi connectivity index (χ3n) is 4.38. The lowest BCUT2D eigenvalue weighted by molar-refractivity contribution is 0.669. The number of hydrogen-bond donors (Lipinski definition) is 1. The Kier molecular flexibility index (Phi) is 3.30. The van der Waals surface area contributed by atoms with Gasteiger partial charge in [-0.2, -0.15) is 0 Å². The number of nitrogens with one attached hydrogen (secondary N) is 1. The van der Waals surface area contributed by atoms with Crippen molar-refractivity contribution in [3.05, 3.63) is 77.4 Å². The van der Waals surface area contributed by atoms with Crippen LogP contribution in [0.25, 0.3) is 21.9 Å². The molecule has 1 heterocycles. The van der Waals surface area contributed by atoms with E-state index in [0.29, 0.717) is 0 Å². The second kappa shape index (κ2) is 5.47. The van der Waals surface area contributed by atoms with Crippen LogP contribution in [0.2, 0.25) is 0 Å². The number of fused-ring (bicyclic) bond motifs is 3. The van der Waals surface area contributed by atoms with Gasteiger partial charge in [-0.15, -0.1) is 0 Å². The number of para-hydroxylation sites is 2. The van der Waals surface area contributed by atoms with E-state index in [1.807, 2.05) is 18.2 Å². The van der Waals surface area contributed by atoms with Gasteiger partial charge in [0.15, 0.2) is 5.58 Å². The summed E-state index contributed by atoms with van der Waals surface area (Å²) < 4.78 is 6.06. The summed E-state index contributed by atoms with van der Waals surface area (Å²) in [4.78, 5) is 0. The molecule has 2 nitrogen and oxygen atoms in total. The van der Waals surface area contributed by atoms with Gasteiger partial charge >= 0.3 is 0 Å². The van der Waals surface area contributed by atoms with Crippen LogP contribution in [0, 0.1) is 13.8 Å². The van der Waals surface area contributed by atoms with Gasteiger partial charge in [-0.25, -0.2) is 0 Å². The molecule has 0 aliphatic rings. The van der Waals surface area contributed by atoms with Crippen LogP contribution in [-0.4, -0.2) is 0 Å². The van der Waals surface area contributed by atoms with Crippen molar-refractivity contribution in [3.63, 3.8) is 0 Å². The van der Waals surface area contributed by atoms with E-state index in [1.165, 1.54) is 16.7 Å². The molecule has 114 valence electrons. The Morgan fingerprint density at radius 1 is 0.870 bits per heavy atom. The lowest BCUT2D eigenvalue weighted by Gasteiger charge is -2.10. The van der Waals surface area contributed by atoms with Crippen molar-refractivity contribution < 1.29 is 4.42 Å². The highest BCUT2D eigenvalue weighted by molar-refractivity contribution is 6.08. The Morgan fingerprint density at radius 2 is 1.70 bits per heavy atom. The van der Waals surface area contributed by atoms with Crippen molar-refractivity contribution >= 4 is 27.6 Å². The van der Waals surface area contributed by atoms with E-state index >= 15 is 0 Å². The molecular weight excluding hydrogens is 282 g/mol. The molecule has 0 aliphatic heterocycles. The Morgan fingerprint density at radius 3 is 2.61 bits per heavy atom. The minimum absolute atomic E-state index is 0.795. The van der Waals surface area contributed by atoms with Crippen LogP contribution in [0.3, 0.4) is 0 Å². The fourth-order valence-electron chi connectivity index (χ4n) is 3.07. The molecule has 1 N–H and O–H groups in total. The summed E-state index contributed by atoms with van der Waals surface area (Å²) in [6.45, 7) is 5.07. The first-order chi connectivity index (χ1) is 11.2. The van der Waals surface area contributed by atoms with E-state index in [4.69, 9.17) is 4.42 Å². The Balaban J connectivity index is 1.73. The van der Waals surface area contributed by atoms with Crippen molar-refractivity contribution in [2.45, 2.75) is 20.4 Å². The molecule has 2 heteroatoms. The number of hydrogen-bond acceptors (Lipinski definition) is 2. The monoisotopic (exact) mass is 301 g/mol. The number of rotatable bonds is 3. The van der Waals surface area contributed by atoms with Crippen molar-refractivity contribution in [1.82, 2.24) is 0 Å². The fourth-order valence-corrected chi connectivity index (χ4v) is 3.07. The van der Waals surface area contributed by atoms with Crippen molar-refractivity contribution in [1.29, 1.82) is 0 Å². The second-order valence-electron chi connectivity index (χ2n) is 6.06. The standard InChI is InChI=1S/C21H19NO/c1-14-10-11-15(2)16(12-14)13-22-19-8-5-7-18-17-6-3-4-9-20(17)23-21(18)19/h3-12,22H,13H2,1-2H3. The van der Waals surface area contributed by atoms with E-state index < -0.39 is 0 Å². The molecule has 0 saturated carbocycles. The van der Waals surface area contributed by atoms with Gasteiger partial charge < -0.3 is 9.73 Å². The maximum Gasteiger partial charge on any atom is 0.158 e. The van der Waals surface area contributed by atoms with Crippen LogP contribution in [0.15, 0.2) is 65.1 Å². The van der Waals surface area contributed by atoms with Gasteiger partial charge in [0, 0.05) is 17.3 Å². The summed E-state index contributed by atoms with van der Waals surface area (Å²) >= 11 is 0. The van der Waals surface area contributed by atoms with Crippen LogP contribution in [-0.2, 0) is 6.54 Å². The SMILES string of the molecule is Cc1ccc(C)c(CNc2cccc3c2oc2ccccc23)c1.